The summed E-state index contributed by atoms with van der Waals surface area (Å²) in [6, 6.07) is 0.221. The fourth-order valence-corrected chi connectivity index (χ4v) is 2.27. The van der Waals surface area contributed by atoms with Gasteiger partial charge in [-0.2, -0.15) is 0 Å². The van der Waals surface area contributed by atoms with Gasteiger partial charge in [-0.1, -0.05) is 19.1 Å². The lowest BCUT2D eigenvalue weighted by molar-refractivity contribution is 0.0737. The van der Waals surface area contributed by atoms with Crippen molar-refractivity contribution in [3.05, 3.63) is 11.9 Å². The van der Waals surface area contributed by atoms with Gasteiger partial charge in [-0.15, -0.1) is 5.10 Å². The Morgan fingerprint density at radius 3 is 3.11 bits per heavy atom. The van der Waals surface area contributed by atoms with Crippen LogP contribution in [0, 0.1) is 0 Å². The van der Waals surface area contributed by atoms with Crippen molar-refractivity contribution in [2.75, 3.05) is 13.7 Å². The summed E-state index contributed by atoms with van der Waals surface area (Å²) in [5, 5.41) is 21.3. The molecule has 0 bridgehead atoms. The van der Waals surface area contributed by atoms with E-state index in [-0.39, 0.29) is 12.1 Å². The van der Waals surface area contributed by atoms with Gasteiger partial charge in [-0.25, -0.2) is 4.68 Å². The van der Waals surface area contributed by atoms with Crippen LogP contribution in [0.5, 0.6) is 0 Å². The van der Waals surface area contributed by atoms with Gasteiger partial charge in [0.1, 0.15) is 5.69 Å². The number of nitrogens with zero attached hydrogens (tertiary/aromatic N) is 3. The Kier molecular flexibility index (Phi) is 4.87. The lowest BCUT2D eigenvalue weighted by Crippen LogP contribution is -2.48. The molecule has 19 heavy (non-hydrogen) atoms. The fourth-order valence-electron chi connectivity index (χ4n) is 2.27. The number of aliphatic hydroxyl groups excluding tert-OH is 1. The Balaban J connectivity index is 1.96. The molecule has 0 saturated carbocycles. The smallest absolute Gasteiger partial charge is 0.108 e. The Labute approximate surface area is 112 Å². The summed E-state index contributed by atoms with van der Waals surface area (Å²) in [7, 11) is 1.62. The minimum atomic E-state index is -0.477. The van der Waals surface area contributed by atoms with Crippen molar-refractivity contribution in [2.45, 2.75) is 51.3 Å². The van der Waals surface area contributed by atoms with Crippen molar-refractivity contribution < 1.29 is 14.6 Å². The van der Waals surface area contributed by atoms with Crippen molar-refractivity contribution in [3.8, 4) is 0 Å². The molecule has 1 aromatic rings. The zero-order chi connectivity index (χ0) is 13.8. The first-order valence-corrected chi connectivity index (χ1v) is 6.53. The number of hydrogen-bond acceptors (Lipinski definition) is 6. The summed E-state index contributed by atoms with van der Waals surface area (Å²) in [6.45, 7) is 5.47. The number of ether oxygens (including phenoxy) is 2. The van der Waals surface area contributed by atoms with Gasteiger partial charge in [-0.05, 0) is 0 Å². The lowest BCUT2D eigenvalue weighted by atomic mass is 10.1. The maximum atomic E-state index is 9.92. The highest BCUT2D eigenvalue weighted by Gasteiger charge is 2.36. The van der Waals surface area contributed by atoms with Crippen molar-refractivity contribution in [2.24, 2.45) is 0 Å². The number of nitrogens with one attached hydrogen (secondary N) is 1. The number of rotatable bonds is 6. The Hall–Kier alpha value is -1.02. The van der Waals surface area contributed by atoms with Gasteiger partial charge in [0.2, 0.25) is 0 Å². The molecule has 0 radical (unpaired) electrons. The summed E-state index contributed by atoms with van der Waals surface area (Å²) >= 11 is 0. The number of aliphatic hydroxyl groups is 1. The number of methoxy groups -OCH3 is 1. The Bertz CT molecular complexity index is 396. The van der Waals surface area contributed by atoms with E-state index in [1.165, 1.54) is 0 Å². The molecule has 1 aromatic heterocycles. The second-order valence-corrected chi connectivity index (χ2v) is 5.15. The molecular formula is C12H22N4O3. The van der Waals surface area contributed by atoms with Crippen LogP contribution in [0.2, 0.25) is 0 Å². The fraction of sp³-hybridized carbons (Fsp3) is 0.833. The average molecular weight is 270 g/mol. The highest BCUT2D eigenvalue weighted by molar-refractivity contribution is 4.93. The molecule has 0 unspecified atom stereocenters. The molecule has 1 aliphatic heterocycles. The summed E-state index contributed by atoms with van der Waals surface area (Å²) in [4.78, 5) is 0. The first kappa shape index (κ1) is 14.4. The molecule has 3 atom stereocenters. The molecule has 0 spiro atoms. The highest BCUT2D eigenvalue weighted by Crippen LogP contribution is 2.17. The molecule has 0 aliphatic carbocycles. The molecular weight excluding hydrogens is 248 g/mol. The summed E-state index contributed by atoms with van der Waals surface area (Å²) in [5.41, 5.74) is 0.786. The van der Waals surface area contributed by atoms with Crippen LogP contribution in [0.4, 0.5) is 0 Å². The quantitative estimate of drug-likeness (QED) is 0.729. The second kappa shape index (κ2) is 6.42. The third-order valence-corrected chi connectivity index (χ3v) is 3.07. The first-order chi connectivity index (χ1) is 9.10. The molecule has 2 N–H and O–H groups in total. The maximum absolute atomic E-state index is 9.92. The van der Waals surface area contributed by atoms with Crippen LogP contribution in [0.1, 0.15) is 19.5 Å². The molecule has 2 heterocycles. The van der Waals surface area contributed by atoms with E-state index in [2.05, 4.69) is 15.6 Å². The van der Waals surface area contributed by atoms with Gasteiger partial charge < -0.3 is 19.9 Å². The SMILES string of the molecule is COCc1cn(C[C@H]2OC[C@H](O)[C@H]2NC(C)C)nn1. The normalized spacial score (nSPS) is 27.3. The minimum Gasteiger partial charge on any atom is -0.389 e. The third kappa shape index (κ3) is 3.73. The van der Waals surface area contributed by atoms with Crippen LogP contribution in [-0.2, 0) is 22.6 Å². The lowest BCUT2D eigenvalue weighted by Gasteiger charge is -2.23. The summed E-state index contributed by atoms with van der Waals surface area (Å²) < 4.78 is 12.4. The van der Waals surface area contributed by atoms with Crippen LogP contribution < -0.4 is 5.32 Å². The molecule has 0 aromatic carbocycles. The van der Waals surface area contributed by atoms with Crippen LogP contribution in [0.3, 0.4) is 0 Å². The van der Waals surface area contributed by atoms with Gasteiger partial charge in [0.05, 0.1) is 44.2 Å². The molecule has 0 amide bonds. The zero-order valence-electron chi connectivity index (χ0n) is 11.6. The highest BCUT2D eigenvalue weighted by atomic mass is 16.5. The third-order valence-electron chi connectivity index (χ3n) is 3.07. The van der Waals surface area contributed by atoms with E-state index in [0.29, 0.717) is 25.8 Å². The van der Waals surface area contributed by atoms with Crippen LogP contribution >= 0.6 is 0 Å². The van der Waals surface area contributed by atoms with E-state index in [1.54, 1.807) is 11.8 Å². The number of aromatic nitrogens is 3. The summed E-state index contributed by atoms with van der Waals surface area (Å²) in [5.74, 6) is 0. The number of hydrogen-bond donors (Lipinski definition) is 2. The van der Waals surface area contributed by atoms with Crippen LogP contribution in [-0.4, -0.2) is 58.1 Å². The molecule has 7 heteroatoms. The monoisotopic (exact) mass is 270 g/mol. The van der Waals surface area contributed by atoms with Gasteiger partial charge in [0.15, 0.2) is 0 Å². The summed E-state index contributed by atoms with van der Waals surface area (Å²) in [6.07, 6.45) is 1.26. The van der Waals surface area contributed by atoms with E-state index in [9.17, 15) is 5.11 Å². The average Bonchev–Trinajstić information content (AvgIpc) is 2.91. The van der Waals surface area contributed by atoms with Gasteiger partial charge in [0, 0.05) is 13.2 Å². The van der Waals surface area contributed by atoms with E-state index in [1.807, 2.05) is 20.0 Å². The maximum Gasteiger partial charge on any atom is 0.108 e. The largest absolute Gasteiger partial charge is 0.389 e. The standard InChI is InChI=1S/C12H22N4O3/c1-8(2)13-12-10(17)7-19-11(12)5-16-4-9(6-18-3)14-15-16/h4,8,10-13,17H,5-7H2,1-3H3/t10-,11+,12+/m0/s1. The Morgan fingerprint density at radius 2 is 2.42 bits per heavy atom. The van der Waals surface area contributed by atoms with Crippen molar-refractivity contribution >= 4 is 0 Å². The molecule has 2 rings (SSSR count). The Morgan fingerprint density at radius 1 is 1.63 bits per heavy atom. The molecule has 1 saturated heterocycles. The molecule has 1 aliphatic rings. The zero-order valence-corrected chi connectivity index (χ0v) is 11.6. The predicted octanol–water partition coefficient (Wildman–Crippen LogP) is -0.449. The topological polar surface area (TPSA) is 81.4 Å². The van der Waals surface area contributed by atoms with Crippen molar-refractivity contribution in [1.82, 2.24) is 20.3 Å². The first-order valence-electron chi connectivity index (χ1n) is 6.53. The molecule has 1 fully saturated rings. The van der Waals surface area contributed by atoms with E-state index in [4.69, 9.17) is 9.47 Å². The molecule has 7 nitrogen and oxygen atoms in total. The second-order valence-electron chi connectivity index (χ2n) is 5.15. The van der Waals surface area contributed by atoms with Crippen LogP contribution in [0.25, 0.3) is 0 Å². The van der Waals surface area contributed by atoms with Gasteiger partial charge in [0.25, 0.3) is 0 Å². The minimum absolute atomic E-state index is 0.0740. The van der Waals surface area contributed by atoms with Gasteiger partial charge >= 0.3 is 0 Å². The van der Waals surface area contributed by atoms with E-state index < -0.39 is 6.10 Å². The molecule has 108 valence electrons. The van der Waals surface area contributed by atoms with E-state index in [0.717, 1.165) is 5.69 Å². The van der Waals surface area contributed by atoms with Gasteiger partial charge in [-0.3, -0.25) is 0 Å². The predicted molar refractivity (Wildman–Crippen MR) is 68.5 cm³/mol. The van der Waals surface area contributed by atoms with Crippen molar-refractivity contribution in [3.63, 3.8) is 0 Å². The van der Waals surface area contributed by atoms with Crippen LogP contribution in [0.15, 0.2) is 6.20 Å². The van der Waals surface area contributed by atoms with Crippen molar-refractivity contribution in [1.29, 1.82) is 0 Å². The van der Waals surface area contributed by atoms with E-state index >= 15 is 0 Å².